The molecule has 0 aliphatic heterocycles. The summed E-state index contributed by atoms with van der Waals surface area (Å²) in [7, 11) is 1.27. The van der Waals surface area contributed by atoms with E-state index in [9.17, 15) is 9.59 Å². The van der Waals surface area contributed by atoms with Gasteiger partial charge in [-0.25, -0.2) is 4.79 Å². The van der Waals surface area contributed by atoms with Gasteiger partial charge >= 0.3 is 11.9 Å². The fourth-order valence-corrected chi connectivity index (χ4v) is 1.33. The van der Waals surface area contributed by atoms with Crippen LogP contribution in [0.15, 0.2) is 24.3 Å². The Morgan fingerprint density at radius 3 is 2.62 bits per heavy atom. The second-order valence-electron chi connectivity index (χ2n) is 3.30. The van der Waals surface area contributed by atoms with Crippen LogP contribution in [0.5, 0.6) is 0 Å². The van der Waals surface area contributed by atoms with Crippen LogP contribution >= 0.6 is 0 Å². The molecule has 5 heteroatoms. The van der Waals surface area contributed by atoms with E-state index in [1.165, 1.54) is 7.11 Å². The van der Waals surface area contributed by atoms with Crippen LogP contribution in [-0.4, -0.2) is 30.2 Å². The highest BCUT2D eigenvalue weighted by Crippen LogP contribution is 2.12. The van der Waals surface area contributed by atoms with Crippen LogP contribution in [-0.2, 0) is 16.0 Å². The van der Waals surface area contributed by atoms with E-state index in [4.69, 9.17) is 10.8 Å². The van der Waals surface area contributed by atoms with Gasteiger partial charge in [0.05, 0.1) is 12.7 Å². The molecular weight excluding hydrogens is 210 g/mol. The molecule has 0 unspecified atom stereocenters. The van der Waals surface area contributed by atoms with Gasteiger partial charge in [-0.1, -0.05) is 18.2 Å². The van der Waals surface area contributed by atoms with Crippen LogP contribution in [0.3, 0.4) is 0 Å². The van der Waals surface area contributed by atoms with Crippen molar-refractivity contribution in [3.63, 3.8) is 0 Å². The molecule has 0 fully saturated rings. The Labute approximate surface area is 92.8 Å². The van der Waals surface area contributed by atoms with Gasteiger partial charge in [-0.3, -0.25) is 4.79 Å². The number of hydrogen-bond donors (Lipinski definition) is 2. The first kappa shape index (κ1) is 12.2. The molecule has 16 heavy (non-hydrogen) atoms. The molecular formula is C11H13NO4. The number of methoxy groups -OCH3 is 1. The summed E-state index contributed by atoms with van der Waals surface area (Å²) in [6.45, 7) is 0. The Morgan fingerprint density at radius 2 is 2.06 bits per heavy atom. The minimum atomic E-state index is -1.10. The number of carboxylic acids is 1. The summed E-state index contributed by atoms with van der Waals surface area (Å²) in [6.07, 6.45) is 0.0978. The van der Waals surface area contributed by atoms with Gasteiger partial charge in [0.25, 0.3) is 0 Å². The standard InChI is InChI=1S/C11H13NO4/c1-16-11(15)8-5-3-2-4-7(8)6-9(12)10(13)14/h2-5,9H,6,12H2,1H3,(H,13,14)/t9-/m1/s1. The van der Waals surface area contributed by atoms with E-state index in [0.717, 1.165) is 0 Å². The maximum atomic E-state index is 11.4. The lowest BCUT2D eigenvalue weighted by atomic mass is 10.0. The lowest BCUT2D eigenvalue weighted by molar-refractivity contribution is -0.138. The predicted octanol–water partition coefficient (Wildman–Crippen LogP) is 0.428. The van der Waals surface area contributed by atoms with Gasteiger partial charge in [-0.2, -0.15) is 0 Å². The molecule has 0 radical (unpaired) electrons. The third-order valence-electron chi connectivity index (χ3n) is 2.18. The van der Waals surface area contributed by atoms with Crippen molar-refractivity contribution in [1.82, 2.24) is 0 Å². The van der Waals surface area contributed by atoms with E-state index in [-0.39, 0.29) is 6.42 Å². The quantitative estimate of drug-likeness (QED) is 0.722. The number of ether oxygens (including phenoxy) is 1. The smallest absolute Gasteiger partial charge is 0.338 e. The van der Waals surface area contributed by atoms with Crippen molar-refractivity contribution in [3.8, 4) is 0 Å². The highest BCUT2D eigenvalue weighted by molar-refractivity contribution is 5.91. The van der Waals surface area contributed by atoms with E-state index in [0.29, 0.717) is 11.1 Å². The molecule has 0 amide bonds. The molecule has 1 aromatic rings. The third kappa shape index (κ3) is 2.80. The average molecular weight is 223 g/mol. The number of esters is 1. The number of benzene rings is 1. The van der Waals surface area contributed by atoms with Crippen molar-refractivity contribution in [2.75, 3.05) is 7.11 Å². The predicted molar refractivity (Wildman–Crippen MR) is 57.1 cm³/mol. The summed E-state index contributed by atoms with van der Waals surface area (Å²) in [4.78, 5) is 22.0. The Kier molecular flexibility index (Phi) is 4.02. The van der Waals surface area contributed by atoms with Crippen molar-refractivity contribution in [3.05, 3.63) is 35.4 Å². The number of carboxylic acid groups (broad SMARTS) is 1. The van der Waals surface area contributed by atoms with Gasteiger partial charge < -0.3 is 15.6 Å². The SMILES string of the molecule is COC(=O)c1ccccc1C[C@@H](N)C(=O)O. The van der Waals surface area contributed by atoms with Gasteiger partial charge in [-0.15, -0.1) is 0 Å². The number of carbonyl (C=O) groups is 2. The van der Waals surface area contributed by atoms with Crippen molar-refractivity contribution < 1.29 is 19.4 Å². The number of aliphatic carboxylic acids is 1. The summed E-state index contributed by atoms with van der Waals surface area (Å²) in [6, 6.07) is 5.62. The normalized spacial score (nSPS) is 11.9. The van der Waals surface area contributed by atoms with E-state index < -0.39 is 18.0 Å². The van der Waals surface area contributed by atoms with Crippen LogP contribution in [0.1, 0.15) is 15.9 Å². The monoisotopic (exact) mass is 223 g/mol. The molecule has 0 aliphatic rings. The lowest BCUT2D eigenvalue weighted by Crippen LogP contribution is -2.32. The highest BCUT2D eigenvalue weighted by Gasteiger charge is 2.17. The second kappa shape index (κ2) is 5.27. The van der Waals surface area contributed by atoms with E-state index in [1.807, 2.05) is 0 Å². The number of nitrogens with two attached hydrogens (primary N) is 1. The molecule has 0 bridgehead atoms. The van der Waals surface area contributed by atoms with Crippen LogP contribution < -0.4 is 5.73 Å². The molecule has 3 N–H and O–H groups in total. The Bertz CT molecular complexity index is 403. The summed E-state index contributed by atoms with van der Waals surface area (Å²) in [5, 5.41) is 8.69. The minimum Gasteiger partial charge on any atom is -0.480 e. The second-order valence-corrected chi connectivity index (χ2v) is 3.30. The number of hydrogen-bond acceptors (Lipinski definition) is 4. The van der Waals surface area contributed by atoms with E-state index in [2.05, 4.69) is 4.74 Å². The van der Waals surface area contributed by atoms with Gasteiger partial charge in [0.1, 0.15) is 6.04 Å². The van der Waals surface area contributed by atoms with Crippen molar-refractivity contribution in [2.45, 2.75) is 12.5 Å². The fourth-order valence-electron chi connectivity index (χ4n) is 1.33. The zero-order valence-corrected chi connectivity index (χ0v) is 8.84. The minimum absolute atomic E-state index is 0.0978. The van der Waals surface area contributed by atoms with Crippen molar-refractivity contribution in [1.29, 1.82) is 0 Å². The maximum absolute atomic E-state index is 11.4. The zero-order valence-electron chi connectivity index (χ0n) is 8.84. The largest absolute Gasteiger partial charge is 0.480 e. The van der Waals surface area contributed by atoms with Gasteiger partial charge in [0, 0.05) is 0 Å². The molecule has 1 aromatic carbocycles. The molecule has 0 saturated carbocycles. The summed E-state index contributed by atoms with van der Waals surface area (Å²) >= 11 is 0. The number of rotatable bonds is 4. The lowest BCUT2D eigenvalue weighted by Gasteiger charge is -2.10. The molecule has 0 saturated heterocycles. The van der Waals surface area contributed by atoms with Crippen LogP contribution in [0.4, 0.5) is 0 Å². The first-order valence-corrected chi connectivity index (χ1v) is 4.71. The van der Waals surface area contributed by atoms with Crippen molar-refractivity contribution >= 4 is 11.9 Å². The summed E-state index contributed by atoms with van der Waals surface area (Å²) in [5.41, 5.74) is 6.33. The molecule has 1 atom stereocenters. The highest BCUT2D eigenvalue weighted by atomic mass is 16.5. The van der Waals surface area contributed by atoms with E-state index >= 15 is 0 Å². The zero-order chi connectivity index (χ0) is 12.1. The first-order valence-electron chi connectivity index (χ1n) is 4.71. The molecule has 0 aromatic heterocycles. The van der Waals surface area contributed by atoms with Gasteiger partial charge in [0.15, 0.2) is 0 Å². The molecule has 5 nitrogen and oxygen atoms in total. The van der Waals surface area contributed by atoms with Gasteiger partial charge in [0.2, 0.25) is 0 Å². The van der Waals surface area contributed by atoms with Crippen LogP contribution in [0.25, 0.3) is 0 Å². The summed E-state index contributed by atoms with van der Waals surface area (Å²) in [5.74, 6) is -1.59. The third-order valence-corrected chi connectivity index (χ3v) is 2.18. The first-order chi connectivity index (χ1) is 7.56. The Hall–Kier alpha value is -1.88. The fraction of sp³-hybridized carbons (Fsp3) is 0.273. The number of carbonyl (C=O) groups excluding carboxylic acids is 1. The molecule has 0 spiro atoms. The molecule has 1 rings (SSSR count). The van der Waals surface area contributed by atoms with E-state index in [1.54, 1.807) is 24.3 Å². The topological polar surface area (TPSA) is 89.6 Å². The van der Waals surface area contributed by atoms with Crippen LogP contribution in [0, 0.1) is 0 Å². The van der Waals surface area contributed by atoms with Gasteiger partial charge in [-0.05, 0) is 18.1 Å². The van der Waals surface area contributed by atoms with Crippen molar-refractivity contribution in [2.24, 2.45) is 5.73 Å². The molecule has 0 heterocycles. The molecule has 86 valence electrons. The summed E-state index contributed by atoms with van der Waals surface area (Å²) < 4.78 is 4.59. The average Bonchev–Trinajstić information content (AvgIpc) is 2.28. The molecule has 0 aliphatic carbocycles. The maximum Gasteiger partial charge on any atom is 0.338 e. The van der Waals surface area contributed by atoms with Crippen LogP contribution in [0.2, 0.25) is 0 Å². The Balaban J connectivity index is 2.95. The Morgan fingerprint density at radius 1 is 1.44 bits per heavy atom.